The normalized spacial score (nSPS) is 10.1. The highest BCUT2D eigenvalue weighted by Gasteiger charge is 2.03. The molecule has 0 saturated carbocycles. The van der Waals surface area contributed by atoms with Gasteiger partial charge in [-0.2, -0.15) is 0 Å². The van der Waals surface area contributed by atoms with Crippen LogP contribution in [0.1, 0.15) is 4.88 Å². The number of hydrogen-bond acceptors (Lipinski definition) is 4. The lowest BCUT2D eigenvalue weighted by molar-refractivity contribution is 0.399. The first-order valence-corrected chi connectivity index (χ1v) is 6.01. The minimum atomic E-state index is 0.602. The molecule has 2 aromatic rings. The second-order valence-corrected chi connectivity index (χ2v) is 4.58. The molecule has 1 N–H and O–H groups in total. The van der Waals surface area contributed by atoms with E-state index in [1.165, 1.54) is 4.88 Å². The zero-order valence-corrected chi connectivity index (χ0v) is 10.3. The highest BCUT2D eigenvalue weighted by molar-refractivity contribution is 7.10. The van der Waals surface area contributed by atoms with Crippen molar-refractivity contribution in [1.29, 1.82) is 0 Å². The summed E-state index contributed by atoms with van der Waals surface area (Å²) >= 11 is 7.47. The van der Waals surface area contributed by atoms with Crippen molar-refractivity contribution in [2.45, 2.75) is 6.54 Å². The molecule has 0 amide bonds. The first-order valence-electron chi connectivity index (χ1n) is 4.75. The quantitative estimate of drug-likeness (QED) is 0.908. The Hall–Kier alpha value is -1.26. The SMILES string of the molecule is COc1ncccc1NCc1cc(Cl)cs1. The largest absolute Gasteiger partial charge is 0.480 e. The molecule has 5 heteroatoms. The zero-order chi connectivity index (χ0) is 11.4. The first kappa shape index (κ1) is 11.2. The van der Waals surface area contributed by atoms with Gasteiger partial charge < -0.3 is 10.1 Å². The van der Waals surface area contributed by atoms with E-state index >= 15 is 0 Å². The van der Waals surface area contributed by atoms with E-state index in [0.717, 1.165) is 17.3 Å². The number of nitrogens with one attached hydrogen (secondary N) is 1. The van der Waals surface area contributed by atoms with Crippen LogP contribution in [-0.2, 0) is 6.54 Å². The summed E-state index contributed by atoms with van der Waals surface area (Å²) in [6, 6.07) is 5.75. The molecule has 2 rings (SSSR count). The number of rotatable bonds is 4. The lowest BCUT2D eigenvalue weighted by atomic mass is 10.4. The van der Waals surface area contributed by atoms with Gasteiger partial charge in [0, 0.05) is 23.0 Å². The third kappa shape index (κ3) is 2.65. The van der Waals surface area contributed by atoms with Crippen molar-refractivity contribution in [2.75, 3.05) is 12.4 Å². The molecule has 84 valence electrons. The Balaban J connectivity index is 2.04. The number of thiophene rings is 1. The lowest BCUT2D eigenvalue weighted by Crippen LogP contribution is -2.00. The summed E-state index contributed by atoms with van der Waals surface area (Å²) in [5.41, 5.74) is 0.884. The van der Waals surface area contributed by atoms with Gasteiger partial charge in [0.1, 0.15) is 0 Å². The number of hydrogen-bond donors (Lipinski definition) is 1. The molecule has 2 aromatic heterocycles. The summed E-state index contributed by atoms with van der Waals surface area (Å²) in [4.78, 5) is 5.28. The highest BCUT2D eigenvalue weighted by atomic mass is 35.5. The van der Waals surface area contributed by atoms with Crippen LogP contribution in [-0.4, -0.2) is 12.1 Å². The fourth-order valence-electron chi connectivity index (χ4n) is 1.32. The Morgan fingerprint density at radius 1 is 1.56 bits per heavy atom. The van der Waals surface area contributed by atoms with E-state index in [0.29, 0.717) is 5.88 Å². The van der Waals surface area contributed by atoms with Gasteiger partial charge in [0.15, 0.2) is 0 Å². The van der Waals surface area contributed by atoms with Gasteiger partial charge in [-0.3, -0.25) is 0 Å². The van der Waals surface area contributed by atoms with Crippen molar-refractivity contribution in [3.63, 3.8) is 0 Å². The maximum atomic E-state index is 5.85. The number of ether oxygens (including phenoxy) is 1. The van der Waals surface area contributed by atoms with Gasteiger partial charge in [-0.1, -0.05) is 11.6 Å². The molecule has 0 aliphatic heterocycles. The van der Waals surface area contributed by atoms with Gasteiger partial charge >= 0.3 is 0 Å². The average Bonchev–Trinajstić information content (AvgIpc) is 2.73. The van der Waals surface area contributed by atoms with Crippen LogP contribution in [0, 0.1) is 0 Å². The second-order valence-electron chi connectivity index (χ2n) is 3.15. The summed E-state index contributed by atoms with van der Waals surface area (Å²) in [5.74, 6) is 0.602. The number of aromatic nitrogens is 1. The Kier molecular flexibility index (Phi) is 3.64. The van der Waals surface area contributed by atoms with Crippen LogP contribution in [0.5, 0.6) is 5.88 Å². The van der Waals surface area contributed by atoms with E-state index in [1.807, 2.05) is 23.6 Å². The third-order valence-electron chi connectivity index (χ3n) is 2.04. The van der Waals surface area contributed by atoms with Crippen LogP contribution < -0.4 is 10.1 Å². The molecule has 0 aromatic carbocycles. The standard InChI is InChI=1S/C11H11ClN2OS/c1-15-11-10(3-2-4-13-11)14-6-9-5-8(12)7-16-9/h2-5,7,14H,6H2,1H3. The number of pyridine rings is 1. The van der Waals surface area contributed by atoms with E-state index in [2.05, 4.69) is 10.3 Å². The molecule has 0 radical (unpaired) electrons. The fourth-order valence-corrected chi connectivity index (χ4v) is 2.33. The summed E-state index contributed by atoms with van der Waals surface area (Å²) < 4.78 is 5.14. The number of halogens is 1. The number of anilines is 1. The molecule has 2 heterocycles. The molecule has 0 atom stereocenters. The average molecular weight is 255 g/mol. The molecule has 0 spiro atoms. The van der Waals surface area contributed by atoms with Crippen molar-refractivity contribution in [2.24, 2.45) is 0 Å². The second kappa shape index (κ2) is 5.18. The maximum absolute atomic E-state index is 5.85. The summed E-state index contributed by atoms with van der Waals surface area (Å²) in [7, 11) is 1.61. The van der Waals surface area contributed by atoms with Gasteiger partial charge in [0.2, 0.25) is 5.88 Å². The van der Waals surface area contributed by atoms with Gasteiger partial charge in [0.05, 0.1) is 17.8 Å². The minimum Gasteiger partial charge on any atom is -0.480 e. The van der Waals surface area contributed by atoms with Gasteiger partial charge in [-0.25, -0.2) is 4.98 Å². The molecule has 3 nitrogen and oxygen atoms in total. The van der Waals surface area contributed by atoms with Crippen molar-refractivity contribution in [3.8, 4) is 5.88 Å². The summed E-state index contributed by atoms with van der Waals surface area (Å²) in [5, 5.41) is 5.95. The molecule has 0 saturated heterocycles. The van der Waals surface area contributed by atoms with Crippen LogP contribution in [0.25, 0.3) is 0 Å². The Morgan fingerprint density at radius 3 is 3.12 bits per heavy atom. The lowest BCUT2D eigenvalue weighted by Gasteiger charge is -2.08. The molecular weight excluding hydrogens is 244 g/mol. The van der Waals surface area contributed by atoms with Crippen molar-refractivity contribution < 1.29 is 4.74 Å². The molecule has 0 unspecified atom stereocenters. The molecule has 0 aliphatic rings. The molecule has 16 heavy (non-hydrogen) atoms. The predicted octanol–water partition coefficient (Wildman–Crippen LogP) is 3.42. The highest BCUT2D eigenvalue weighted by Crippen LogP contribution is 2.23. The minimum absolute atomic E-state index is 0.602. The number of nitrogens with zero attached hydrogens (tertiary/aromatic N) is 1. The Labute approximate surface area is 103 Å². The Bertz CT molecular complexity index is 473. The summed E-state index contributed by atoms with van der Waals surface area (Å²) in [6.45, 7) is 0.722. The maximum Gasteiger partial charge on any atom is 0.237 e. The fraction of sp³-hybridized carbons (Fsp3) is 0.182. The van der Waals surface area contributed by atoms with Crippen LogP contribution in [0.15, 0.2) is 29.8 Å². The molecule has 0 bridgehead atoms. The summed E-state index contributed by atoms with van der Waals surface area (Å²) in [6.07, 6.45) is 1.70. The van der Waals surface area contributed by atoms with E-state index in [9.17, 15) is 0 Å². The number of methoxy groups -OCH3 is 1. The Morgan fingerprint density at radius 2 is 2.44 bits per heavy atom. The molecule has 0 fully saturated rings. The van der Waals surface area contributed by atoms with E-state index in [-0.39, 0.29) is 0 Å². The predicted molar refractivity (Wildman–Crippen MR) is 67.4 cm³/mol. The van der Waals surface area contributed by atoms with Crippen LogP contribution in [0.2, 0.25) is 5.02 Å². The first-order chi connectivity index (χ1) is 7.79. The topological polar surface area (TPSA) is 34.1 Å². The zero-order valence-electron chi connectivity index (χ0n) is 8.74. The van der Waals surface area contributed by atoms with Gasteiger partial charge in [-0.05, 0) is 18.2 Å². The van der Waals surface area contributed by atoms with Crippen molar-refractivity contribution in [1.82, 2.24) is 4.98 Å². The van der Waals surface area contributed by atoms with Gasteiger partial charge in [0.25, 0.3) is 0 Å². The van der Waals surface area contributed by atoms with Crippen molar-refractivity contribution in [3.05, 3.63) is 39.7 Å². The van der Waals surface area contributed by atoms with Crippen LogP contribution in [0.3, 0.4) is 0 Å². The van der Waals surface area contributed by atoms with Crippen LogP contribution in [0.4, 0.5) is 5.69 Å². The van der Waals surface area contributed by atoms with E-state index in [4.69, 9.17) is 16.3 Å². The van der Waals surface area contributed by atoms with E-state index < -0.39 is 0 Å². The van der Waals surface area contributed by atoms with Gasteiger partial charge in [-0.15, -0.1) is 11.3 Å². The third-order valence-corrected chi connectivity index (χ3v) is 3.32. The molecular formula is C11H11ClN2OS. The monoisotopic (exact) mass is 254 g/mol. The van der Waals surface area contributed by atoms with E-state index in [1.54, 1.807) is 24.6 Å². The van der Waals surface area contributed by atoms with Crippen LogP contribution >= 0.6 is 22.9 Å². The van der Waals surface area contributed by atoms with Crippen molar-refractivity contribution >= 4 is 28.6 Å². The smallest absolute Gasteiger partial charge is 0.237 e. The molecule has 0 aliphatic carbocycles.